The van der Waals surface area contributed by atoms with Crippen LogP contribution in [0.2, 0.25) is 0 Å². The minimum atomic E-state index is -1.10. The van der Waals surface area contributed by atoms with E-state index < -0.39 is 29.4 Å². The van der Waals surface area contributed by atoms with Gasteiger partial charge in [-0.05, 0) is 18.6 Å². The molecule has 110 valence electrons. The Morgan fingerprint density at radius 1 is 1.35 bits per heavy atom. The summed E-state index contributed by atoms with van der Waals surface area (Å²) >= 11 is 0. The molecule has 0 radical (unpaired) electrons. The third kappa shape index (κ3) is 4.01. The highest BCUT2D eigenvalue weighted by Gasteiger charge is 2.24. The highest BCUT2D eigenvalue weighted by atomic mass is 19.1. The van der Waals surface area contributed by atoms with E-state index in [9.17, 15) is 18.4 Å². The molecule has 1 N–H and O–H groups in total. The number of carbonyl (C=O) groups excluding carboxylic acids is 1. The SMILES string of the molecule is CCCC(=O)N(CC(C)C(=O)O)c1cc(F)ccc1F. The lowest BCUT2D eigenvalue weighted by atomic mass is 10.1. The van der Waals surface area contributed by atoms with Crippen LogP contribution in [0.4, 0.5) is 14.5 Å². The summed E-state index contributed by atoms with van der Waals surface area (Å²) in [5.41, 5.74) is -0.225. The Labute approximate surface area is 116 Å². The number of carboxylic acids is 1. The van der Waals surface area contributed by atoms with Crippen LogP contribution in [0.3, 0.4) is 0 Å². The molecule has 1 amide bonds. The van der Waals surface area contributed by atoms with Crippen LogP contribution in [0.1, 0.15) is 26.7 Å². The topological polar surface area (TPSA) is 57.6 Å². The van der Waals surface area contributed by atoms with Gasteiger partial charge in [0.25, 0.3) is 0 Å². The van der Waals surface area contributed by atoms with E-state index in [0.29, 0.717) is 6.42 Å². The predicted octanol–water partition coefficient (Wildman–Crippen LogP) is 2.82. The fourth-order valence-electron chi connectivity index (χ4n) is 1.73. The summed E-state index contributed by atoms with van der Waals surface area (Å²) in [5, 5.41) is 8.91. The van der Waals surface area contributed by atoms with Gasteiger partial charge in [-0.3, -0.25) is 9.59 Å². The molecule has 0 aromatic heterocycles. The lowest BCUT2D eigenvalue weighted by Crippen LogP contribution is -2.37. The van der Waals surface area contributed by atoms with Gasteiger partial charge < -0.3 is 10.0 Å². The Morgan fingerprint density at radius 3 is 2.55 bits per heavy atom. The summed E-state index contributed by atoms with van der Waals surface area (Å²) in [5.74, 6) is -3.84. The van der Waals surface area contributed by atoms with Crippen LogP contribution in [-0.2, 0) is 9.59 Å². The molecule has 1 rings (SSSR count). The van der Waals surface area contributed by atoms with Crippen molar-refractivity contribution in [3.63, 3.8) is 0 Å². The van der Waals surface area contributed by atoms with Gasteiger partial charge in [0.2, 0.25) is 5.91 Å². The second-order valence-electron chi connectivity index (χ2n) is 4.59. The lowest BCUT2D eigenvalue weighted by molar-refractivity contribution is -0.140. The van der Waals surface area contributed by atoms with Crippen molar-refractivity contribution in [3.05, 3.63) is 29.8 Å². The molecule has 0 aliphatic rings. The van der Waals surface area contributed by atoms with Gasteiger partial charge >= 0.3 is 5.97 Å². The predicted molar refractivity (Wildman–Crippen MR) is 70.4 cm³/mol. The van der Waals surface area contributed by atoms with Gasteiger partial charge in [-0.15, -0.1) is 0 Å². The maximum absolute atomic E-state index is 13.8. The van der Waals surface area contributed by atoms with Gasteiger partial charge in [-0.2, -0.15) is 0 Å². The quantitative estimate of drug-likeness (QED) is 0.874. The van der Waals surface area contributed by atoms with Crippen LogP contribution in [0.25, 0.3) is 0 Å². The van der Waals surface area contributed by atoms with Crippen LogP contribution >= 0.6 is 0 Å². The molecule has 1 aromatic rings. The summed E-state index contributed by atoms with van der Waals surface area (Å²) in [7, 11) is 0. The third-order valence-corrected chi connectivity index (χ3v) is 2.84. The summed E-state index contributed by atoms with van der Waals surface area (Å²) in [4.78, 5) is 23.9. The summed E-state index contributed by atoms with van der Waals surface area (Å²) < 4.78 is 27.0. The van der Waals surface area contributed by atoms with Crippen LogP contribution in [0, 0.1) is 17.6 Å². The number of anilines is 1. The highest BCUT2D eigenvalue weighted by Crippen LogP contribution is 2.23. The van der Waals surface area contributed by atoms with Gasteiger partial charge in [-0.25, -0.2) is 8.78 Å². The molecule has 0 spiro atoms. The average molecular weight is 285 g/mol. The second-order valence-corrected chi connectivity index (χ2v) is 4.59. The Morgan fingerprint density at radius 2 is 2.00 bits per heavy atom. The Balaban J connectivity index is 3.12. The zero-order valence-electron chi connectivity index (χ0n) is 11.4. The molecule has 6 heteroatoms. The molecule has 0 aliphatic carbocycles. The van der Waals surface area contributed by atoms with Gasteiger partial charge in [0.15, 0.2) is 0 Å². The average Bonchev–Trinajstić information content (AvgIpc) is 2.38. The number of carboxylic acid groups (broad SMARTS) is 1. The van der Waals surface area contributed by atoms with E-state index in [4.69, 9.17) is 5.11 Å². The van der Waals surface area contributed by atoms with Crippen molar-refractivity contribution >= 4 is 17.6 Å². The van der Waals surface area contributed by atoms with E-state index >= 15 is 0 Å². The first kappa shape index (κ1) is 16.1. The number of hydrogen-bond acceptors (Lipinski definition) is 2. The number of aliphatic carboxylic acids is 1. The zero-order valence-corrected chi connectivity index (χ0v) is 11.4. The molecule has 0 aliphatic heterocycles. The minimum Gasteiger partial charge on any atom is -0.481 e. The van der Waals surface area contributed by atoms with Crippen LogP contribution in [0.15, 0.2) is 18.2 Å². The van der Waals surface area contributed by atoms with Gasteiger partial charge in [-0.1, -0.05) is 13.8 Å². The van der Waals surface area contributed by atoms with Gasteiger partial charge in [0.05, 0.1) is 11.6 Å². The number of hydrogen-bond donors (Lipinski definition) is 1. The first-order valence-electron chi connectivity index (χ1n) is 6.35. The highest BCUT2D eigenvalue weighted by molar-refractivity contribution is 5.94. The number of nitrogens with zero attached hydrogens (tertiary/aromatic N) is 1. The van der Waals surface area contributed by atoms with E-state index in [1.54, 1.807) is 6.92 Å². The maximum atomic E-state index is 13.8. The molecule has 0 saturated carbocycles. The largest absolute Gasteiger partial charge is 0.481 e. The van der Waals surface area contributed by atoms with E-state index in [1.165, 1.54) is 6.92 Å². The molecule has 0 heterocycles. The molecular weight excluding hydrogens is 268 g/mol. The van der Waals surface area contributed by atoms with E-state index in [0.717, 1.165) is 23.1 Å². The zero-order chi connectivity index (χ0) is 15.3. The number of rotatable bonds is 6. The molecule has 1 aromatic carbocycles. The number of benzene rings is 1. The van der Waals surface area contributed by atoms with Crippen LogP contribution in [0.5, 0.6) is 0 Å². The van der Waals surface area contributed by atoms with Crippen molar-refractivity contribution in [2.24, 2.45) is 5.92 Å². The Hall–Kier alpha value is -1.98. The first-order valence-corrected chi connectivity index (χ1v) is 6.35. The fourth-order valence-corrected chi connectivity index (χ4v) is 1.73. The second kappa shape index (κ2) is 6.98. The molecule has 0 fully saturated rings. The number of carbonyl (C=O) groups is 2. The van der Waals surface area contributed by atoms with Crippen LogP contribution < -0.4 is 4.90 Å². The molecule has 0 bridgehead atoms. The molecule has 0 saturated heterocycles. The molecule has 20 heavy (non-hydrogen) atoms. The third-order valence-electron chi connectivity index (χ3n) is 2.84. The minimum absolute atomic E-state index is 0.141. The fraction of sp³-hybridized carbons (Fsp3) is 0.429. The Kier molecular flexibility index (Phi) is 5.61. The maximum Gasteiger partial charge on any atom is 0.308 e. The summed E-state index contributed by atoms with van der Waals surface area (Å²) in [6.07, 6.45) is 0.677. The van der Waals surface area contributed by atoms with Crippen molar-refractivity contribution in [2.45, 2.75) is 26.7 Å². The first-order chi connectivity index (χ1) is 9.36. The lowest BCUT2D eigenvalue weighted by Gasteiger charge is -2.25. The standard InChI is InChI=1S/C14H17F2NO3/c1-3-4-13(18)17(8-9(2)14(19)20)12-7-10(15)5-6-11(12)16/h5-7,9H,3-4,8H2,1-2H3,(H,19,20). The van der Waals surface area contributed by atoms with Crippen molar-refractivity contribution in [1.82, 2.24) is 0 Å². The van der Waals surface area contributed by atoms with Gasteiger partial charge in [0, 0.05) is 19.0 Å². The van der Waals surface area contributed by atoms with E-state index in [2.05, 4.69) is 0 Å². The molecule has 1 atom stereocenters. The molecule has 4 nitrogen and oxygen atoms in total. The van der Waals surface area contributed by atoms with E-state index in [1.807, 2.05) is 0 Å². The normalized spacial score (nSPS) is 12.0. The van der Waals surface area contributed by atoms with Crippen LogP contribution in [-0.4, -0.2) is 23.5 Å². The molecular formula is C14H17F2NO3. The smallest absolute Gasteiger partial charge is 0.308 e. The van der Waals surface area contributed by atoms with Crippen molar-refractivity contribution in [3.8, 4) is 0 Å². The van der Waals surface area contributed by atoms with Crippen molar-refractivity contribution in [2.75, 3.05) is 11.4 Å². The number of amides is 1. The van der Waals surface area contributed by atoms with Crippen molar-refractivity contribution < 1.29 is 23.5 Å². The number of halogens is 2. The summed E-state index contributed by atoms with van der Waals surface area (Å²) in [6, 6.07) is 2.77. The van der Waals surface area contributed by atoms with Gasteiger partial charge in [0.1, 0.15) is 11.6 Å². The monoisotopic (exact) mass is 285 g/mol. The Bertz CT molecular complexity index is 505. The summed E-state index contributed by atoms with van der Waals surface area (Å²) in [6.45, 7) is 2.99. The van der Waals surface area contributed by atoms with Crippen molar-refractivity contribution in [1.29, 1.82) is 0 Å². The van der Waals surface area contributed by atoms with E-state index in [-0.39, 0.29) is 18.7 Å². The molecule has 1 unspecified atom stereocenters.